The topological polar surface area (TPSA) is 72.6 Å². The van der Waals surface area contributed by atoms with Crippen molar-refractivity contribution in [3.05, 3.63) is 41.3 Å². The van der Waals surface area contributed by atoms with E-state index in [4.69, 9.17) is 14.3 Å². The molecule has 2 aromatic rings. The van der Waals surface area contributed by atoms with Crippen LogP contribution in [0.4, 0.5) is 0 Å². The predicted molar refractivity (Wildman–Crippen MR) is 113 cm³/mol. The highest BCUT2D eigenvalue weighted by atomic mass is 32.2. The molecule has 1 heterocycles. The SMILES string of the molecule is CCCc1ccc(-c2nc(CCOCC#CCS[C@@H](C)C(=O)O)c(C)o2)cc1. The molecule has 1 atom stereocenters. The maximum atomic E-state index is 10.7. The standard InChI is InChI=1S/C22H27NO4S/c1-4-7-18-8-10-19(11-9-18)21-23-20(16(2)27-21)12-14-26-13-5-6-15-28-17(3)22(24)25/h8-11,17H,4,7,12-15H2,1-3H3,(H,24,25)/t17-/m0/s1. The summed E-state index contributed by atoms with van der Waals surface area (Å²) in [5.41, 5.74) is 3.19. The van der Waals surface area contributed by atoms with Crippen LogP contribution in [0.25, 0.3) is 11.5 Å². The average Bonchev–Trinajstić information content (AvgIpc) is 3.05. The third-order valence-corrected chi connectivity index (χ3v) is 5.18. The van der Waals surface area contributed by atoms with Gasteiger partial charge in [0.2, 0.25) is 5.89 Å². The largest absolute Gasteiger partial charge is 0.480 e. The molecule has 0 amide bonds. The fraction of sp³-hybridized carbons (Fsp3) is 0.455. The molecule has 0 bridgehead atoms. The number of hydrogen-bond donors (Lipinski definition) is 1. The van der Waals surface area contributed by atoms with Gasteiger partial charge in [-0.05, 0) is 38.0 Å². The van der Waals surface area contributed by atoms with E-state index in [1.54, 1.807) is 6.92 Å². The minimum absolute atomic E-state index is 0.324. The third-order valence-electron chi connectivity index (χ3n) is 4.17. The Hall–Kier alpha value is -2.23. The van der Waals surface area contributed by atoms with Crippen molar-refractivity contribution in [3.8, 4) is 23.3 Å². The summed E-state index contributed by atoms with van der Waals surface area (Å²) in [6.45, 7) is 6.57. The number of hydrogen-bond acceptors (Lipinski definition) is 5. The molecule has 28 heavy (non-hydrogen) atoms. The van der Waals surface area contributed by atoms with Gasteiger partial charge < -0.3 is 14.3 Å². The Morgan fingerprint density at radius 3 is 2.71 bits per heavy atom. The first-order chi connectivity index (χ1) is 13.5. The van der Waals surface area contributed by atoms with Gasteiger partial charge in [-0.25, -0.2) is 4.98 Å². The van der Waals surface area contributed by atoms with Gasteiger partial charge in [0, 0.05) is 12.0 Å². The Labute approximate surface area is 170 Å². The summed E-state index contributed by atoms with van der Waals surface area (Å²) < 4.78 is 11.3. The van der Waals surface area contributed by atoms with Crippen molar-refractivity contribution < 1.29 is 19.1 Å². The number of oxazole rings is 1. The first kappa shape index (κ1) is 22.1. The maximum absolute atomic E-state index is 10.7. The van der Waals surface area contributed by atoms with Crippen LogP contribution in [0.5, 0.6) is 0 Å². The van der Waals surface area contributed by atoms with Crippen molar-refractivity contribution in [1.82, 2.24) is 4.98 Å². The summed E-state index contributed by atoms with van der Waals surface area (Å²) in [5.74, 6) is 6.92. The maximum Gasteiger partial charge on any atom is 0.316 e. The minimum Gasteiger partial charge on any atom is -0.480 e. The summed E-state index contributed by atoms with van der Waals surface area (Å²) in [5, 5.41) is 8.34. The molecule has 0 aliphatic carbocycles. The van der Waals surface area contributed by atoms with Gasteiger partial charge in [-0.1, -0.05) is 37.3 Å². The molecule has 0 aliphatic rings. The molecule has 0 aliphatic heterocycles. The van der Waals surface area contributed by atoms with Crippen LogP contribution in [-0.2, 0) is 22.4 Å². The van der Waals surface area contributed by atoms with E-state index in [2.05, 4.69) is 48.0 Å². The molecule has 1 aromatic carbocycles. The molecule has 0 unspecified atom stereocenters. The van der Waals surface area contributed by atoms with Crippen LogP contribution in [0, 0.1) is 18.8 Å². The lowest BCUT2D eigenvalue weighted by Crippen LogP contribution is -2.11. The number of aliphatic carboxylic acids is 1. The highest BCUT2D eigenvalue weighted by molar-refractivity contribution is 8.00. The number of carbonyl (C=O) groups is 1. The van der Waals surface area contributed by atoms with Gasteiger partial charge in [-0.2, -0.15) is 0 Å². The molecule has 0 saturated carbocycles. The highest BCUT2D eigenvalue weighted by Crippen LogP contribution is 2.22. The first-order valence-electron chi connectivity index (χ1n) is 9.44. The lowest BCUT2D eigenvalue weighted by molar-refractivity contribution is -0.136. The molecule has 0 spiro atoms. The first-order valence-corrected chi connectivity index (χ1v) is 10.5. The van der Waals surface area contributed by atoms with E-state index in [0.717, 1.165) is 29.9 Å². The fourth-order valence-corrected chi connectivity index (χ4v) is 3.10. The summed E-state index contributed by atoms with van der Waals surface area (Å²) in [4.78, 5) is 15.3. The average molecular weight is 402 g/mol. The van der Waals surface area contributed by atoms with Crippen LogP contribution in [0.3, 0.4) is 0 Å². The number of aromatic nitrogens is 1. The smallest absolute Gasteiger partial charge is 0.316 e. The quantitative estimate of drug-likeness (QED) is 0.471. The summed E-state index contributed by atoms with van der Waals surface area (Å²) in [6.07, 6.45) is 2.87. The van der Waals surface area contributed by atoms with Crippen molar-refractivity contribution in [1.29, 1.82) is 0 Å². The van der Waals surface area contributed by atoms with Gasteiger partial charge in [0.1, 0.15) is 17.6 Å². The Balaban J connectivity index is 1.76. The fourth-order valence-electron chi connectivity index (χ4n) is 2.52. The molecule has 1 aromatic heterocycles. The number of thioether (sulfide) groups is 1. The van der Waals surface area contributed by atoms with Crippen molar-refractivity contribution in [2.75, 3.05) is 19.0 Å². The molecule has 1 N–H and O–H groups in total. The second-order valence-electron chi connectivity index (χ2n) is 6.42. The van der Waals surface area contributed by atoms with Gasteiger partial charge in [-0.3, -0.25) is 4.79 Å². The van der Waals surface area contributed by atoms with Crippen molar-refractivity contribution in [2.45, 2.75) is 45.3 Å². The summed E-state index contributed by atoms with van der Waals surface area (Å²) in [6, 6.07) is 8.34. The Morgan fingerprint density at radius 2 is 2.04 bits per heavy atom. The molecular weight excluding hydrogens is 374 g/mol. The minimum atomic E-state index is -0.817. The monoisotopic (exact) mass is 401 g/mol. The van der Waals surface area contributed by atoms with E-state index in [0.29, 0.717) is 31.3 Å². The van der Waals surface area contributed by atoms with Gasteiger partial charge >= 0.3 is 5.97 Å². The number of nitrogens with zero attached hydrogens (tertiary/aromatic N) is 1. The predicted octanol–water partition coefficient (Wildman–Crippen LogP) is 4.37. The molecule has 150 valence electrons. The number of benzene rings is 1. The number of rotatable bonds is 10. The summed E-state index contributed by atoms with van der Waals surface area (Å²) in [7, 11) is 0. The highest BCUT2D eigenvalue weighted by Gasteiger charge is 2.11. The van der Waals surface area contributed by atoms with E-state index in [9.17, 15) is 4.79 Å². The second-order valence-corrected chi connectivity index (χ2v) is 7.75. The molecule has 0 fully saturated rings. The van der Waals surface area contributed by atoms with E-state index in [1.165, 1.54) is 17.3 Å². The van der Waals surface area contributed by atoms with Gasteiger partial charge in [0.25, 0.3) is 0 Å². The number of carboxylic acid groups (broad SMARTS) is 1. The van der Waals surface area contributed by atoms with Crippen LogP contribution in [0.1, 0.15) is 37.3 Å². The number of carboxylic acids is 1. The molecule has 6 heteroatoms. The Kier molecular flexibility index (Phi) is 9.12. The second kappa shape index (κ2) is 11.6. The zero-order chi connectivity index (χ0) is 20.4. The van der Waals surface area contributed by atoms with Crippen molar-refractivity contribution in [2.24, 2.45) is 0 Å². The van der Waals surface area contributed by atoms with Crippen LogP contribution in [-0.4, -0.2) is 40.3 Å². The van der Waals surface area contributed by atoms with Crippen LogP contribution in [0.2, 0.25) is 0 Å². The summed E-state index contributed by atoms with van der Waals surface area (Å²) >= 11 is 1.30. The number of ether oxygens (including phenoxy) is 1. The molecule has 0 saturated heterocycles. The van der Waals surface area contributed by atoms with Crippen LogP contribution < -0.4 is 0 Å². The van der Waals surface area contributed by atoms with E-state index >= 15 is 0 Å². The molecule has 5 nitrogen and oxygen atoms in total. The van der Waals surface area contributed by atoms with Crippen LogP contribution >= 0.6 is 11.8 Å². The van der Waals surface area contributed by atoms with Gasteiger partial charge in [-0.15, -0.1) is 11.8 Å². The Bertz CT molecular complexity index is 817. The van der Waals surface area contributed by atoms with Gasteiger partial charge in [0.05, 0.1) is 18.1 Å². The zero-order valence-corrected chi connectivity index (χ0v) is 17.5. The van der Waals surface area contributed by atoms with E-state index in [-0.39, 0.29) is 0 Å². The molecule has 0 radical (unpaired) electrons. The zero-order valence-electron chi connectivity index (χ0n) is 16.7. The normalized spacial score (nSPS) is 11.7. The van der Waals surface area contributed by atoms with Crippen LogP contribution in [0.15, 0.2) is 28.7 Å². The van der Waals surface area contributed by atoms with Crippen molar-refractivity contribution in [3.63, 3.8) is 0 Å². The number of aryl methyl sites for hydroxylation is 2. The lowest BCUT2D eigenvalue weighted by atomic mass is 10.1. The molecular formula is C22H27NO4S. The van der Waals surface area contributed by atoms with E-state index < -0.39 is 11.2 Å². The van der Waals surface area contributed by atoms with Crippen molar-refractivity contribution >= 4 is 17.7 Å². The third kappa shape index (κ3) is 7.06. The Morgan fingerprint density at radius 1 is 1.29 bits per heavy atom. The van der Waals surface area contributed by atoms with Gasteiger partial charge in [0.15, 0.2) is 0 Å². The van der Waals surface area contributed by atoms with E-state index in [1.807, 2.05) is 6.92 Å². The lowest BCUT2D eigenvalue weighted by Gasteiger charge is -2.00. The molecule has 2 rings (SSSR count).